The van der Waals surface area contributed by atoms with Gasteiger partial charge in [0.05, 0.1) is 10.7 Å². The number of aromatic nitrogens is 1. The van der Waals surface area contributed by atoms with Crippen molar-refractivity contribution < 1.29 is 0 Å². The van der Waals surface area contributed by atoms with Gasteiger partial charge in [0.25, 0.3) is 0 Å². The molecule has 23 heavy (non-hydrogen) atoms. The fourth-order valence-corrected chi connectivity index (χ4v) is 3.83. The predicted molar refractivity (Wildman–Crippen MR) is 99.4 cm³/mol. The van der Waals surface area contributed by atoms with E-state index in [0.717, 1.165) is 48.8 Å². The molecule has 1 aliphatic rings. The molecular weight excluding hydrogens is 306 g/mol. The van der Waals surface area contributed by atoms with Crippen LogP contribution in [0.4, 0.5) is 0 Å². The van der Waals surface area contributed by atoms with E-state index in [1.807, 2.05) is 14.0 Å². The minimum Gasteiger partial charge on any atom is -0.356 e. The first-order chi connectivity index (χ1) is 11.2. The lowest BCUT2D eigenvalue weighted by Crippen LogP contribution is -2.46. The van der Waals surface area contributed by atoms with Crippen molar-refractivity contribution in [3.05, 3.63) is 16.1 Å². The monoisotopic (exact) mass is 337 g/mol. The topological polar surface area (TPSA) is 52.5 Å². The highest BCUT2D eigenvalue weighted by Gasteiger charge is 2.19. The summed E-state index contributed by atoms with van der Waals surface area (Å²) in [5, 5.41) is 10.1. The molecule has 0 aromatic carbocycles. The van der Waals surface area contributed by atoms with Gasteiger partial charge in [-0.25, -0.2) is 4.98 Å². The van der Waals surface area contributed by atoms with Gasteiger partial charge in [0.1, 0.15) is 0 Å². The fourth-order valence-electron chi connectivity index (χ4n) is 3.19. The van der Waals surface area contributed by atoms with Crippen LogP contribution in [0.25, 0.3) is 0 Å². The summed E-state index contributed by atoms with van der Waals surface area (Å²) in [6.07, 6.45) is 6.30. The van der Waals surface area contributed by atoms with E-state index >= 15 is 0 Å². The fraction of sp³-hybridized carbons (Fsp3) is 0.765. The van der Waals surface area contributed by atoms with Crippen LogP contribution < -0.4 is 10.6 Å². The third kappa shape index (κ3) is 6.11. The molecule has 0 radical (unpaired) electrons. The van der Waals surface area contributed by atoms with Crippen molar-refractivity contribution in [2.24, 2.45) is 4.99 Å². The number of thiazole rings is 1. The number of guanidine groups is 1. The van der Waals surface area contributed by atoms with Crippen molar-refractivity contribution in [1.82, 2.24) is 20.5 Å². The van der Waals surface area contributed by atoms with Gasteiger partial charge in [0, 0.05) is 44.5 Å². The maximum absolute atomic E-state index is 4.49. The standard InChI is InChI=1S/C17H31N5S/c1-4-16-7-5-6-11-22(16)12-10-20-17(18-3)19-9-8-15-13-23-14(2)21-15/h13,16H,4-12H2,1-3H3,(H2,18,19,20). The van der Waals surface area contributed by atoms with Crippen molar-refractivity contribution in [2.75, 3.05) is 33.2 Å². The number of piperidine rings is 1. The zero-order valence-electron chi connectivity index (χ0n) is 14.8. The maximum Gasteiger partial charge on any atom is 0.191 e. The molecule has 2 rings (SSSR count). The number of nitrogens with zero attached hydrogens (tertiary/aromatic N) is 3. The second-order valence-corrected chi connectivity index (χ2v) is 7.19. The molecule has 1 aromatic rings. The van der Waals surface area contributed by atoms with Gasteiger partial charge in [-0.2, -0.15) is 0 Å². The first kappa shape index (κ1) is 18.2. The number of likely N-dealkylation sites (tertiary alicyclic amines) is 1. The second-order valence-electron chi connectivity index (χ2n) is 6.13. The van der Waals surface area contributed by atoms with Crippen molar-refractivity contribution in [3.8, 4) is 0 Å². The van der Waals surface area contributed by atoms with E-state index in [1.165, 1.54) is 32.2 Å². The van der Waals surface area contributed by atoms with Crippen molar-refractivity contribution in [3.63, 3.8) is 0 Å². The molecule has 1 aromatic heterocycles. The summed E-state index contributed by atoms with van der Waals surface area (Å²) >= 11 is 1.71. The molecule has 0 amide bonds. The summed E-state index contributed by atoms with van der Waals surface area (Å²) in [7, 11) is 1.83. The van der Waals surface area contributed by atoms with Crippen LogP contribution in [0.15, 0.2) is 10.4 Å². The van der Waals surface area contributed by atoms with Crippen molar-refractivity contribution in [1.29, 1.82) is 0 Å². The van der Waals surface area contributed by atoms with Crippen molar-refractivity contribution >= 4 is 17.3 Å². The van der Waals surface area contributed by atoms with Crippen LogP contribution in [-0.4, -0.2) is 55.1 Å². The van der Waals surface area contributed by atoms with Crippen LogP contribution in [0.3, 0.4) is 0 Å². The molecule has 1 aliphatic heterocycles. The van der Waals surface area contributed by atoms with Crippen LogP contribution in [0.5, 0.6) is 0 Å². The summed E-state index contributed by atoms with van der Waals surface area (Å²) in [6.45, 7) is 8.51. The van der Waals surface area contributed by atoms with Crippen LogP contribution >= 0.6 is 11.3 Å². The first-order valence-electron chi connectivity index (χ1n) is 8.82. The Labute approximate surface area is 144 Å². The normalized spacial score (nSPS) is 19.8. The molecule has 1 saturated heterocycles. The zero-order chi connectivity index (χ0) is 16.5. The molecule has 1 fully saturated rings. The highest BCUT2D eigenvalue weighted by atomic mass is 32.1. The zero-order valence-corrected chi connectivity index (χ0v) is 15.6. The predicted octanol–water partition coefficient (Wildman–Crippen LogP) is 2.42. The Morgan fingerprint density at radius 2 is 2.22 bits per heavy atom. The van der Waals surface area contributed by atoms with Gasteiger partial charge in [-0.15, -0.1) is 11.3 Å². The molecule has 2 N–H and O–H groups in total. The SMILES string of the molecule is CCC1CCCCN1CCNC(=NC)NCCc1csc(C)n1. The van der Waals surface area contributed by atoms with Gasteiger partial charge in [-0.05, 0) is 32.7 Å². The lowest BCUT2D eigenvalue weighted by Gasteiger charge is -2.35. The number of hydrogen-bond donors (Lipinski definition) is 2. The van der Waals surface area contributed by atoms with Gasteiger partial charge in [0.15, 0.2) is 5.96 Å². The Bertz CT molecular complexity index is 485. The van der Waals surface area contributed by atoms with Gasteiger partial charge < -0.3 is 10.6 Å². The molecule has 0 aliphatic carbocycles. The third-order valence-electron chi connectivity index (χ3n) is 4.48. The van der Waals surface area contributed by atoms with E-state index in [1.54, 1.807) is 11.3 Å². The molecule has 6 heteroatoms. The molecule has 0 bridgehead atoms. The number of nitrogens with one attached hydrogen (secondary N) is 2. The van der Waals surface area contributed by atoms with E-state index in [-0.39, 0.29) is 0 Å². The van der Waals surface area contributed by atoms with Gasteiger partial charge in [-0.1, -0.05) is 13.3 Å². The Morgan fingerprint density at radius 1 is 1.39 bits per heavy atom. The van der Waals surface area contributed by atoms with Gasteiger partial charge >= 0.3 is 0 Å². The summed E-state index contributed by atoms with van der Waals surface area (Å²) in [4.78, 5) is 11.4. The highest BCUT2D eigenvalue weighted by molar-refractivity contribution is 7.09. The minimum atomic E-state index is 0.772. The Hall–Kier alpha value is -1.14. The van der Waals surface area contributed by atoms with E-state index in [2.05, 4.69) is 37.8 Å². The smallest absolute Gasteiger partial charge is 0.191 e. The van der Waals surface area contributed by atoms with E-state index in [9.17, 15) is 0 Å². The van der Waals surface area contributed by atoms with E-state index in [4.69, 9.17) is 0 Å². The number of hydrogen-bond acceptors (Lipinski definition) is 4. The van der Waals surface area contributed by atoms with E-state index < -0.39 is 0 Å². The molecule has 130 valence electrons. The average molecular weight is 338 g/mol. The summed E-state index contributed by atoms with van der Waals surface area (Å²) < 4.78 is 0. The van der Waals surface area contributed by atoms with Gasteiger partial charge in [-0.3, -0.25) is 9.89 Å². The van der Waals surface area contributed by atoms with Crippen LogP contribution in [0.2, 0.25) is 0 Å². The first-order valence-corrected chi connectivity index (χ1v) is 9.70. The second kappa shape index (κ2) is 9.88. The van der Waals surface area contributed by atoms with E-state index in [0.29, 0.717) is 0 Å². The minimum absolute atomic E-state index is 0.772. The lowest BCUT2D eigenvalue weighted by molar-refractivity contribution is 0.147. The molecule has 1 atom stereocenters. The molecule has 1 unspecified atom stereocenters. The number of aryl methyl sites for hydroxylation is 1. The molecular formula is C17H31N5S. The van der Waals surface area contributed by atoms with Gasteiger partial charge in [0.2, 0.25) is 0 Å². The van der Waals surface area contributed by atoms with Crippen molar-refractivity contribution in [2.45, 2.75) is 52.0 Å². The largest absolute Gasteiger partial charge is 0.356 e. The highest BCUT2D eigenvalue weighted by Crippen LogP contribution is 2.18. The number of aliphatic imine (C=N–C) groups is 1. The summed E-state index contributed by atoms with van der Waals surface area (Å²) in [5.41, 5.74) is 1.16. The summed E-state index contributed by atoms with van der Waals surface area (Å²) in [6, 6.07) is 0.772. The maximum atomic E-state index is 4.49. The third-order valence-corrected chi connectivity index (χ3v) is 5.30. The number of rotatable bonds is 7. The van der Waals surface area contributed by atoms with Crippen LogP contribution in [0.1, 0.15) is 43.3 Å². The molecule has 5 nitrogen and oxygen atoms in total. The molecule has 0 saturated carbocycles. The Kier molecular flexibility index (Phi) is 7.82. The molecule has 2 heterocycles. The average Bonchev–Trinajstić information content (AvgIpc) is 2.99. The quantitative estimate of drug-likeness (QED) is 0.593. The van der Waals surface area contributed by atoms with Crippen LogP contribution in [-0.2, 0) is 6.42 Å². The van der Waals surface area contributed by atoms with Crippen LogP contribution in [0, 0.1) is 6.92 Å². The lowest BCUT2D eigenvalue weighted by atomic mass is 10.0. The Balaban J connectivity index is 1.64. The molecule has 0 spiro atoms. The summed E-state index contributed by atoms with van der Waals surface area (Å²) in [5.74, 6) is 0.891. The Morgan fingerprint density at radius 3 is 2.91 bits per heavy atom.